The number of amides is 1. The van der Waals surface area contributed by atoms with Gasteiger partial charge in [0.1, 0.15) is 17.2 Å². The molecule has 0 bridgehead atoms. The second-order valence-electron chi connectivity index (χ2n) is 8.69. The number of carbonyl (C=O) groups excluding carboxylic acids is 1. The number of hydrogen-bond donors (Lipinski definition) is 3. The fourth-order valence-corrected chi connectivity index (χ4v) is 3.37. The number of nitrogens with zero attached hydrogens (tertiary/aromatic N) is 3. The van der Waals surface area contributed by atoms with E-state index < -0.39 is 0 Å². The van der Waals surface area contributed by atoms with Crippen LogP contribution in [0.4, 0.5) is 11.4 Å². The third-order valence-corrected chi connectivity index (χ3v) is 5.25. The van der Waals surface area contributed by atoms with Gasteiger partial charge >= 0.3 is 0 Å². The van der Waals surface area contributed by atoms with Crippen molar-refractivity contribution >= 4 is 17.3 Å². The molecule has 2 aromatic carbocycles. The number of carbonyl (C=O) groups is 1. The first kappa shape index (κ1) is 24.1. The van der Waals surface area contributed by atoms with Gasteiger partial charge in [0.25, 0.3) is 5.91 Å². The third-order valence-electron chi connectivity index (χ3n) is 5.25. The highest BCUT2D eigenvalue weighted by molar-refractivity contribution is 6.03. The fourth-order valence-electron chi connectivity index (χ4n) is 3.37. The monoisotopic (exact) mass is 452 g/mol. The Kier molecular flexibility index (Phi) is 7.23. The molecule has 0 spiro atoms. The molecule has 1 amide bonds. The number of aromatic nitrogens is 3. The van der Waals surface area contributed by atoms with Gasteiger partial charge in [0.2, 0.25) is 0 Å². The van der Waals surface area contributed by atoms with Gasteiger partial charge in [0.15, 0.2) is 5.69 Å². The number of anilines is 2. The molecule has 0 aliphatic carbocycles. The van der Waals surface area contributed by atoms with Crippen molar-refractivity contribution in [3.05, 3.63) is 53.3 Å². The first-order valence-corrected chi connectivity index (χ1v) is 10.7. The van der Waals surface area contributed by atoms with Crippen LogP contribution < -0.4 is 25.8 Å². The second kappa shape index (κ2) is 9.91. The van der Waals surface area contributed by atoms with Gasteiger partial charge in [-0.15, -0.1) is 5.10 Å². The Hall–Kier alpha value is -3.59. The van der Waals surface area contributed by atoms with Crippen molar-refractivity contribution in [1.29, 1.82) is 0 Å². The molecule has 0 saturated carbocycles. The van der Waals surface area contributed by atoms with Crippen molar-refractivity contribution in [3.8, 4) is 17.2 Å². The zero-order chi connectivity index (χ0) is 24.2. The number of nitrogens with one attached hydrogen (secondary N) is 2. The zero-order valence-electron chi connectivity index (χ0n) is 20.0. The SMILES string of the molecule is COc1ccc(OC)c(-n2nnc(C(=O)Nc3cc(NCCN)cc(C(C)(C)C)c3)c2C)c1. The summed E-state index contributed by atoms with van der Waals surface area (Å²) in [6, 6.07) is 11.3. The molecule has 33 heavy (non-hydrogen) atoms. The Labute approximate surface area is 194 Å². The number of benzene rings is 2. The number of hydrogen-bond acceptors (Lipinski definition) is 7. The molecule has 176 valence electrons. The molecule has 0 atom stereocenters. The first-order chi connectivity index (χ1) is 15.7. The predicted molar refractivity (Wildman–Crippen MR) is 130 cm³/mol. The van der Waals surface area contributed by atoms with Crippen LogP contribution in [0.1, 0.15) is 42.5 Å². The Morgan fingerprint density at radius 1 is 1.09 bits per heavy atom. The van der Waals surface area contributed by atoms with Crippen LogP contribution >= 0.6 is 0 Å². The van der Waals surface area contributed by atoms with Crippen molar-refractivity contribution in [3.63, 3.8) is 0 Å². The van der Waals surface area contributed by atoms with E-state index >= 15 is 0 Å². The molecule has 9 nitrogen and oxygen atoms in total. The predicted octanol–water partition coefficient (Wildman–Crippen LogP) is 3.51. The maximum Gasteiger partial charge on any atom is 0.278 e. The quantitative estimate of drug-likeness (QED) is 0.479. The van der Waals surface area contributed by atoms with Gasteiger partial charge < -0.3 is 25.8 Å². The molecule has 4 N–H and O–H groups in total. The summed E-state index contributed by atoms with van der Waals surface area (Å²) in [4.78, 5) is 13.1. The fraction of sp³-hybridized carbons (Fsp3) is 0.375. The smallest absolute Gasteiger partial charge is 0.278 e. The van der Waals surface area contributed by atoms with E-state index in [1.807, 2.05) is 12.1 Å². The van der Waals surface area contributed by atoms with Crippen LogP contribution in [0.25, 0.3) is 5.69 Å². The molecule has 0 fully saturated rings. The Morgan fingerprint density at radius 3 is 2.45 bits per heavy atom. The maximum absolute atomic E-state index is 13.1. The number of rotatable bonds is 8. The minimum absolute atomic E-state index is 0.0954. The Morgan fingerprint density at radius 2 is 1.82 bits per heavy atom. The van der Waals surface area contributed by atoms with Crippen LogP contribution in [-0.2, 0) is 5.41 Å². The van der Waals surface area contributed by atoms with E-state index in [-0.39, 0.29) is 17.0 Å². The average molecular weight is 453 g/mol. The molecule has 1 heterocycles. The van der Waals surface area contributed by atoms with Gasteiger partial charge in [0.05, 0.1) is 19.9 Å². The largest absolute Gasteiger partial charge is 0.497 e. The van der Waals surface area contributed by atoms with Gasteiger partial charge in [-0.2, -0.15) is 0 Å². The number of ether oxygens (including phenoxy) is 2. The van der Waals surface area contributed by atoms with Gasteiger partial charge in [0, 0.05) is 30.5 Å². The molecule has 3 aromatic rings. The topological polar surface area (TPSA) is 116 Å². The minimum atomic E-state index is -0.351. The molecule has 0 aliphatic heterocycles. The number of nitrogens with two attached hydrogens (primary N) is 1. The standard InChI is InChI=1S/C24H32N6O3/c1-15-22(28-29-30(15)20-14-19(32-5)7-8-21(20)33-6)23(31)27-18-12-16(24(2,3)4)11-17(13-18)26-10-9-25/h7-8,11-14,26H,9-10,25H2,1-6H3,(H,27,31). The van der Waals surface area contributed by atoms with E-state index in [1.54, 1.807) is 44.0 Å². The molecule has 0 aliphatic rings. The summed E-state index contributed by atoms with van der Waals surface area (Å²) in [5.41, 5.74) is 9.61. The van der Waals surface area contributed by atoms with Crippen LogP contribution in [0.3, 0.4) is 0 Å². The van der Waals surface area contributed by atoms with E-state index in [2.05, 4.69) is 47.8 Å². The minimum Gasteiger partial charge on any atom is -0.497 e. The molecule has 1 aromatic heterocycles. The third kappa shape index (κ3) is 5.43. The summed E-state index contributed by atoms with van der Waals surface area (Å²) in [6.45, 7) is 9.30. The van der Waals surface area contributed by atoms with E-state index in [1.165, 1.54) is 0 Å². The highest BCUT2D eigenvalue weighted by Gasteiger charge is 2.21. The van der Waals surface area contributed by atoms with Crippen molar-refractivity contribution in [2.24, 2.45) is 5.73 Å². The second-order valence-corrected chi connectivity index (χ2v) is 8.69. The first-order valence-electron chi connectivity index (χ1n) is 10.7. The summed E-state index contributed by atoms with van der Waals surface area (Å²) in [6.07, 6.45) is 0. The lowest BCUT2D eigenvalue weighted by atomic mass is 9.86. The highest BCUT2D eigenvalue weighted by atomic mass is 16.5. The van der Waals surface area contributed by atoms with Crippen molar-refractivity contribution in [2.45, 2.75) is 33.1 Å². The summed E-state index contributed by atoms with van der Waals surface area (Å²) < 4.78 is 12.3. The highest BCUT2D eigenvalue weighted by Crippen LogP contribution is 2.30. The van der Waals surface area contributed by atoms with Crippen LogP contribution in [0.2, 0.25) is 0 Å². The normalized spacial score (nSPS) is 11.2. The van der Waals surface area contributed by atoms with Crippen LogP contribution in [0.5, 0.6) is 11.5 Å². The average Bonchev–Trinajstić information content (AvgIpc) is 3.17. The molecule has 0 saturated heterocycles. The van der Waals surface area contributed by atoms with Crippen LogP contribution in [0.15, 0.2) is 36.4 Å². The van der Waals surface area contributed by atoms with Crippen LogP contribution in [0, 0.1) is 6.92 Å². The maximum atomic E-state index is 13.1. The van der Waals surface area contributed by atoms with Crippen molar-refractivity contribution in [2.75, 3.05) is 37.9 Å². The van der Waals surface area contributed by atoms with Gasteiger partial charge in [-0.1, -0.05) is 26.0 Å². The molecular formula is C24H32N6O3. The van der Waals surface area contributed by atoms with E-state index in [4.69, 9.17) is 15.2 Å². The lowest BCUT2D eigenvalue weighted by molar-refractivity contribution is 0.102. The lowest BCUT2D eigenvalue weighted by Gasteiger charge is -2.22. The summed E-state index contributed by atoms with van der Waals surface area (Å²) in [7, 11) is 3.16. The summed E-state index contributed by atoms with van der Waals surface area (Å²) >= 11 is 0. The van der Waals surface area contributed by atoms with Gasteiger partial charge in [-0.05, 0) is 48.2 Å². The molecule has 9 heteroatoms. The number of methoxy groups -OCH3 is 2. The van der Waals surface area contributed by atoms with E-state index in [0.717, 1.165) is 11.3 Å². The Balaban J connectivity index is 1.93. The van der Waals surface area contributed by atoms with E-state index in [0.29, 0.717) is 41.7 Å². The summed E-state index contributed by atoms with van der Waals surface area (Å²) in [5.74, 6) is 0.879. The molecule has 3 rings (SSSR count). The van der Waals surface area contributed by atoms with Gasteiger partial charge in [-0.25, -0.2) is 4.68 Å². The lowest BCUT2D eigenvalue weighted by Crippen LogP contribution is -2.18. The van der Waals surface area contributed by atoms with Crippen LogP contribution in [-0.4, -0.2) is 48.2 Å². The van der Waals surface area contributed by atoms with Crippen molar-refractivity contribution in [1.82, 2.24) is 15.0 Å². The molecule has 0 radical (unpaired) electrons. The van der Waals surface area contributed by atoms with E-state index in [9.17, 15) is 4.79 Å². The van der Waals surface area contributed by atoms with Crippen molar-refractivity contribution < 1.29 is 14.3 Å². The summed E-state index contributed by atoms with van der Waals surface area (Å²) in [5, 5.41) is 14.6. The Bertz CT molecular complexity index is 1130. The molecular weight excluding hydrogens is 420 g/mol. The zero-order valence-corrected chi connectivity index (χ0v) is 20.0. The van der Waals surface area contributed by atoms with Gasteiger partial charge in [-0.3, -0.25) is 4.79 Å². The molecule has 0 unspecified atom stereocenters.